The Morgan fingerprint density at radius 3 is 2.79 bits per heavy atom. The van der Waals surface area contributed by atoms with Gasteiger partial charge in [-0.25, -0.2) is 4.79 Å². The molecule has 1 saturated heterocycles. The summed E-state index contributed by atoms with van der Waals surface area (Å²) in [5, 5.41) is 9.09. The zero-order valence-electron chi connectivity index (χ0n) is 11.0. The molecule has 0 bridgehead atoms. The van der Waals surface area contributed by atoms with Crippen molar-refractivity contribution in [3.8, 4) is 0 Å². The maximum Gasteiger partial charge on any atom is 0.336 e. The molecule has 0 aliphatic carbocycles. The largest absolute Gasteiger partial charge is 0.478 e. The number of carbonyl (C=O) groups excluding carboxylic acids is 1. The molecule has 0 saturated carbocycles. The van der Waals surface area contributed by atoms with Gasteiger partial charge in [-0.3, -0.25) is 4.79 Å². The molecule has 1 aromatic heterocycles. The Labute approximate surface area is 116 Å². The van der Waals surface area contributed by atoms with E-state index in [1.54, 1.807) is 24.8 Å². The van der Waals surface area contributed by atoms with Crippen molar-refractivity contribution in [2.24, 2.45) is 5.73 Å². The molecule has 1 aliphatic heterocycles. The Balaban J connectivity index is 2.28. The monoisotopic (exact) mass is 282 g/mol. The molecule has 1 aromatic rings. The molecule has 3 N–H and O–H groups in total. The summed E-state index contributed by atoms with van der Waals surface area (Å²) >= 11 is 1.46. The van der Waals surface area contributed by atoms with Crippen LogP contribution >= 0.6 is 11.3 Å². The SMILES string of the molecule is Cc1sc(C2CCCN2C(=O)[C@H](C)N)cc1C(=O)O. The van der Waals surface area contributed by atoms with Gasteiger partial charge >= 0.3 is 5.97 Å². The lowest BCUT2D eigenvalue weighted by Crippen LogP contribution is -2.41. The quantitative estimate of drug-likeness (QED) is 0.885. The second kappa shape index (κ2) is 5.30. The zero-order valence-corrected chi connectivity index (χ0v) is 11.9. The maximum absolute atomic E-state index is 12.0. The Morgan fingerprint density at radius 1 is 1.58 bits per heavy atom. The molecule has 104 valence electrons. The van der Waals surface area contributed by atoms with E-state index in [-0.39, 0.29) is 11.9 Å². The van der Waals surface area contributed by atoms with Crippen molar-refractivity contribution >= 4 is 23.2 Å². The summed E-state index contributed by atoms with van der Waals surface area (Å²) in [4.78, 5) is 26.6. The third-order valence-electron chi connectivity index (χ3n) is 3.42. The van der Waals surface area contributed by atoms with Crippen LogP contribution in [0.1, 0.15) is 45.9 Å². The van der Waals surface area contributed by atoms with Crippen molar-refractivity contribution in [3.05, 3.63) is 21.4 Å². The number of hydrogen-bond donors (Lipinski definition) is 2. The van der Waals surface area contributed by atoms with Crippen LogP contribution in [-0.4, -0.2) is 34.5 Å². The van der Waals surface area contributed by atoms with Crippen molar-refractivity contribution < 1.29 is 14.7 Å². The van der Waals surface area contributed by atoms with Gasteiger partial charge in [-0.1, -0.05) is 0 Å². The van der Waals surface area contributed by atoms with Crippen molar-refractivity contribution in [2.75, 3.05) is 6.54 Å². The lowest BCUT2D eigenvalue weighted by atomic mass is 10.1. The summed E-state index contributed by atoms with van der Waals surface area (Å²) in [5.41, 5.74) is 5.99. The summed E-state index contributed by atoms with van der Waals surface area (Å²) in [6.07, 6.45) is 1.81. The van der Waals surface area contributed by atoms with Crippen LogP contribution in [0.4, 0.5) is 0 Å². The van der Waals surface area contributed by atoms with Crippen molar-refractivity contribution in [2.45, 2.75) is 38.8 Å². The molecule has 6 heteroatoms. The molecular weight excluding hydrogens is 264 g/mol. The first-order valence-electron chi connectivity index (χ1n) is 6.31. The third kappa shape index (κ3) is 2.64. The van der Waals surface area contributed by atoms with Gasteiger partial charge in [0.05, 0.1) is 17.6 Å². The number of nitrogens with zero attached hydrogens (tertiary/aromatic N) is 1. The highest BCUT2D eigenvalue weighted by atomic mass is 32.1. The van der Waals surface area contributed by atoms with Gasteiger partial charge in [-0.2, -0.15) is 0 Å². The van der Waals surface area contributed by atoms with Crippen molar-refractivity contribution in [3.63, 3.8) is 0 Å². The Morgan fingerprint density at radius 2 is 2.26 bits per heavy atom. The predicted octanol–water partition coefficient (Wildman–Crippen LogP) is 1.77. The maximum atomic E-state index is 12.0. The van der Waals surface area contributed by atoms with Gasteiger partial charge in [-0.15, -0.1) is 11.3 Å². The van der Waals surface area contributed by atoms with Crippen LogP contribution in [0.2, 0.25) is 0 Å². The molecule has 0 spiro atoms. The van der Waals surface area contributed by atoms with Gasteiger partial charge in [0.15, 0.2) is 0 Å². The van der Waals surface area contributed by atoms with Crippen LogP contribution in [-0.2, 0) is 4.79 Å². The Kier molecular flexibility index (Phi) is 3.91. The number of likely N-dealkylation sites (tertiary alicyclic amines) is 1. The lowest BCUT2D eigenvalue weighted by molar-refractivity contribution is -0.133. The first kappa shape index (κ1) is 14.0. The average Bonchev–Trinajstić information content (AvgIpc) is 2.93. The fourth-order valence-electron chi connectivity index (χ4n) is 2.47. The molecule has 1 fully saturated rings. The second-order valence-corrected chi connectivity index (χ2v) is 6.19. The van der Waals surface area contributed by atoms with E-state index in [1.807, 2.05) is 0 Å². The number of carboxylic acid groups (broad SMARTS) is 1. The zero-order chi connectivity index (χ0) is 14.2. The summed E-state index contributed by atoms with van der Waals surface area (Å²) in [6, 6.07) is 1.16. The molecule has 1 unspecified atom stereocenters. The van der Waals surface area contributed by atoms with Gasteiger partial charge in [0.1, 0.15) is 0 Å². The smallest absolute Gasteiger partial charge is 0.336 e. The number of nitrogens with two attached hydrogens (primary N) is 1. The van der Waals surface area contributed by atoms with Gasteiger partial charge in [-0.05, 0) is 32.8 Å². The third-order valence-corrected chi connectivity index (χ3v) is 4.57. The molecule has 2 rings (SSSR count). The summed E-state index contributed by atoms with van der Waals surface area (Å²) < 4.78 is 0. The standard InChI is InChI=1S/C13H18N2O3S/c1-7(14)12(16)15-5-3-4-10(15)11-6-9(13(17)18)8(2)19-11/h6-7,10H,3-5,14H2,1-2H3,(H,17,18)/t7-,10?/m0/s1. The number of thiophene rings is 1. The van der Waals surface area contributed by atoms with Crippen LogP contribution in [0.25, 0.3) is 0 Å². The molecular formula is C13H18N2O3S. The van der Waals surface area contributed by atoms with E-state index in [9.17, 15) is 9.59 Å². The van der Waals surface area contributed by atoms with Gasteiger partial charge in [0.25, 0.3) is 0 Å². The van der Waals surface area contributed by atoms with Crippen LogP contribution in [0, 0.1) is 6.92 Å². The highest BCUT2D eigenvalue weighted by Gasteiger charge is 2.33. The van der Waals surface area contributed by atoms with E-state index < -0.39 is 12.0 Å². The molecule has 0 radical (unpaired) electrons. The number of carbonyl (C=O) groups is 2. The van der Waals surface area contributed by atoms with E-state index in [4.69, 9.17) is 10.8 Å². The van der Waals surface area contributed by atoms with Crippen LogP contribution in [0.3, 0.4) is 0 Å². The number of hydrogen-bond acceptors (Lipinski definition) is 4. The summed E-state index contributed by atoms with van der Waals surface area (Å²) in [6.45, 7) is 4.18. The summed E-state index contributed by atoms with van der Waals surface area (Å²) in [5.74, 6) is -0.978. The molecule has 1 amide bonds. The first-order chi connectivity index (χ1) is 8.91. The molecule has 0 aromatic carbocycles. The molecule has 1 aliphatic rings. The van der Waals surface area contributed by atoms with Crippen LogP contribution < -0.4 is 5.73 Å². The van der Waals surface area contributed by atoms with E-state index in [1.165, 1.54) is 11.3 Å². The van der Waals surface area contributed by atoms with Gasteiger partial charge in [0.2, 0.25) is 5.91 Å². The van der Waals surface area contributed by atoms with E-state index in [0.29, 0.717) is 12.1 Å². The molecule has 5 nitrogen and oxygen atoms in total. The fraction of sp³-hybridized carbons (Fsp3) is 0.538. The average molecular weight is 282 g/mol. The van der Waals surface area contributed by atoms with E-state index in [2.05, 4.69) is 0 Å². The van der Waals surface area contributed by atoms with E-state index >= 15 is 0 Å². The first-order valence-corrected chi connectivity index (χ1v) is 7.13. The van der Waals surface area contributed by atoms with Crippen LogP contribution in [0.15, 0.2) is 6.07 Å². The number of carboxylic acids is 1. The predicted molar refractivity (Wildman–Crippen MR) is 73.4 cm³/mol. The Hall–Kier alpha value is -1.40. The minimum Gasteiger partial charge on any atom is -0.478 e. The topological polar surface area (TPSA) is 83.6 Å². The number of rotatable bonds is 3. The lowest BCUT2D eigenvalue weighted by Gasteiger charge is -2.25. The minimum atomic E-state index is -0.914. The second-order valence-electron chi connectivity index (χ2n) is 4.90. The number of aromatic carboxylic acids is 1. The molecule has 19 heavy (non-hydrogen) atoms. The minimum absolute atomic E-state index is 0.0182. The highest BCUT2D eigenvalue weighted by Crippen LogP contribution is 2.37. The Bertz CT molecular complexity index is 510. The number of aryl methyl sites for hydroxylation is 1. The molecule has 2 heterocycles. The molecule has 2 atom stereocenters. The van der Waals surface area contributed by atoms with Gasteiger partial charge < -0.3 is 15.7 Å². The highest BCUT2D eigenvalue weighted by molar-refractivity contribution is 7.12. The normalized spacial score (nSPS) is 20.6. The van der Waals surface area contributed by atoms with Crippen molar-refractivity contribution in [1.82, 2.24) is 4.90 Å². The number of amides is 1. The summed E-state index contributed by atoms with van der Waals surface area (Å²) in [7, 11) is 0. The fourth-order valence-corrected chi connectivity index (χ4v) is 3.64. The van der Waals surface area contributed by atoms with Crippen LogP contribution in [0.5, 0.6) is 0 Å². The van der Waals surface area contributed by atoms with Crippen molar-refractivity contribution in [1.29, 1.82) is 0 Å². The van der Waals surface area contributed by atoms with E-state index in [0.717, 1.165) is 22.6 Å². The van der Waals surface area contributed by atoms with Gasteiger partial charge in [0, 0.05) is 16.3 Å².